The maximum atomic E-state index is 8.77. The van der Waals surface area contributed by atoms with Crippen molar-refractivity contribution >= 4 is 11.6 Å². The van der Waals surface area contributed by atoms with Gasteiger partial charge in [0.2, 0.25) is 5.95 Å². The summed E-state index contributed by atoms with van der Waals surface area (Å²) in [6.07, 6.45) is 1.57. The molecule has 0 amide bonds. The average molecular weight is 224 g/mol. The second-order valence-electron chi connectivity index (χ2n) is 3.77. The van der Waals surface area contributed by atoms with Crippen LogP contribution in [0.3, 0.4) is 0 Å². The van der Waals surface area contributed by atoms with Crippen LogP contribution in [0.5, 0.6) is 0 Å². The van der Waals surface area contributed by atoms with Crippen molar-refractivity contribution in [3.8, 4) is 6.07 Å². The van der Waals surface area contributed by atoms with E-state index in [4.69, 9.17) is 5.26 Å². The first-order valence-corrected chi connectivity index (χ1v) is 5.27. The summed E-state index contributed by atoms with van der Waals surface area (Å²) >= 11 is 0. The second kappa shape index (κ2) is 4.62. The predicted molar refractivity (Wildman–Crippen MR) is 65.9 cm³/mol. The number of aryl methyl sites for hydroxylation is 2. The van der Waals surface area contributed by atoms with Gasteiger partial charge in [-0.2, -0.15) is 5.26 Å². The quantitative estimate of drug-likeness (QED) is 0.851. The van der Waals surface area contributed by atoms with Crippen molar-refractivity contribution in [3.05, 3.63) is 47.3 Å². The molecule has 0 aliphatic carbocycles. The van der Waals surface area contributed by atoms with Crippen molar-refractivity contribution in [2.45, 2.75) is 13.8 Å². The first-order valence-electron chi connectivity index (χ1n) is 5.27. The van der Waals surface area contributed by atoms with Gasteiger partial charge in [0.05, 0.1) is 0 Å². The molecule has 84 valence electrons. The van der Waals surface area contributed by atoms with Crippen LogP contribution in [0.2, 0.25) is 0 Å². The fraction of sp³-hybridized carbons (Fsp3) is 0.154. The summed E-state index contributed by atoms with van der Waals surface area (Å²) in [6.45, 7) is 4.03. The fourth-order valence-electron chi connectivity index (χ4n) is 1.60. The van der Waals surface area contributed by atoms with Crippen molar-refractivity contribution in [2.24, 2.45) is 0 Å². The van der Waals surface area contributed by atoms with Crippen LogP contribution >= 0.6 is 0 Å². The Bertz CT molecular complexity index is 564. The summed E-state index contributed by atoms with van der Waals surface area (Å²) in [4.78, 5) is 8.18. The number of rotatable bonds is 2. The Kier molecular flexibility index (Phi) is 3.01. The van der Waals surface area contributed by atoms with Crippen LogP contribution in [0.4, 0.5) is 11.6 Å². The first-order chi connectivity index (χ1) is 8.20. The van der Waals surface area contributed by atoms with E-state index in [1.165, 1.54) is 0 Å². The zero-order valence-corrected chi connectivity index (χ0v) is 9.73. The Morgan fingerprint density at radius 3 is 2.53 bits per heavy atom. The Balaban J connectivity index is 2.35. The SMILES string of the molecule is Cc1cccc(C)c1Nc1nccc(C#N)n1. The van der Waals surface area contributed by atoms with Crippen molar-refractivity contribution in [3.63, 3.8) is 0 Å². The molecule has 0 spiro atoms. The monoisotopic (exact) mass is 224 g/mol. The molecule has 1 aromatic heterocycles. The van der Waals surface area contributed by atoms with Gasteiger partial charge in [0.1, 0.15) is 11.8 Å². The third kappa shape index (κ3) is 2.40. The average Bonchev–Trinajstić information content (AvgIpc) is 2.34. The van der Waals surface area contributed by atoms with Crippen LogP contribution < -0.4 is 5.32 Å². The lowest BCUT2D eigenvalue weighted by Gasteiger charge is -2.10. The highest BCUT2D eigenvalue weighted by atomic mass is 15.1. The molecule has 0 radical (unpaired) electrons. The molecule has 0 atom stereocenters. The molecule has 0 aliphatic rings. The van der Waals surface area contributed by atoms with Crippen LogP contribution in [0.15, 0.2) is 30.5 Å². The lowest BCUT2D eigenvalue weighted by molar-refractivity contribution is 1.13. The summed E-state index contributed by atoms with van der Waals surface area (Å²) < 4.78 is 0. The zero-order valence-electron chi connectivity index (χ0n) is 9.73. The number of benzene rings is 1. The molecule has 1 aromatic carbocycles. The van der Waals surface area contributed by atoms with E-state index >= 15 is 0 Å². The minimum atomic E-state index is 0.355. The van der Waals surface area contributed by atoms with E-state index in [9.17, 15) is 0 Å². The van der Waals surface area contributed by atoms with Crippen molar-refractivity contribution in [1.29, 1.82) is 5.26 Å². The smallest absolute Gasteiger partial charge is 0.228 e. The van der Waals surface area contributed by atoms with Gasteiger partial charge in [-0.05, 0) is 31.0 Å². The van der Waals surface area contributed by atoms with Gasteiger partial charge < -0.3 is 5.32 Å². The molecule has 2 rings (SSSR count). The summed E-state index contributed by atoms with van der Waals surface area (Å²) in [5.74, 6) is 0.446. The molecule has 2 aromatic rings. The molecule has 0 fully saturated rings. The molecule has 0 saturated carbocycles. The van der Waals surface area contributed by atoms with E-state index in [0.717, 1.165) is 16.8 Å². The number of para-hydroxylation sites is 1. The van der Waals surface area contributed by atoms with Crippen LogP contribution in [-0.4, -0.2) is 9.97 Å². The van der Waals surface area contributed by atoms with Crippen LogP contribution in [-0.2, 0) is 0 Å². The number of nitrogens with one attached hydrogen (secondary N) is 1. The third-order valence-corrected chi connectivity index (χ3v) is 2.49. The summed E-state index contributed by atoms with van der Waals surface area (Å²) in [5, 5.41) is 11.9. The number of nitrogens with zero attached hydrogens (tertiary/aromatic N) is 3. The summed E-state index contributed by atoms with van der Waals surface area (Å²) in [5.41, 5.74) is 3.59. The molecule has 0 unspecified atom stereocenters. The molecular weight excluding hydrogens is 212 g/mol. The Morgan fingerprint density at radius 1 is 1.18 bits per heavy atom. The van der Waals surface area contributed by atoms with Gasteiger partial charge in [0.25, 0.3) is 0 Å². The second-order valence-corrected chi connectivity index (χ2v) is 3.77. The first kappa shape index (κ1) is 11.1. The van der Waals surface area contributed by atoms with E-state index in [1.54, 1.807) is 12.3 Å². The number of nitriles is 1. The number of anilines is 2. The largest absolute Gasteiger partial charge is 0.324 e. The highest BCUT2D eigenvalue weighted by molar-refractivity contribution is 5.62. The molecule has 4 heteroatoms. The van der Waals surface area contributed by atoms with Crippen LogP contribution in [0.1, 0.15) is 16.8 Å². The molecule has 17 heavy (non-hydrogen) atoms. The van der Waals surface area contributed by atoms with Gasteiger partial charge in [-0.25, -0.2) is 9.97 Å². The molecule has 0 saturated heterocycles. The standard InChI is InChI=1S/C13H12N4/c1-9-4-3-5-10(2)12(9)17-13-15-7-6-11(8-14)16-13/h3-7H,1-2H3,(H,15,16,17). The summed E-state index contributed by atoms with van der Waals surface area (Å²) in [7, 11) is 0. The predicted octanol–water partition coefficient (Wildman–Crippen LogP) is 2.71. The van der Waals surface area contributed by atoms with Gasteiger partial charge in [0, 0.05) is 11.9 Å². The van der Waals surface area contributed by atoms with Crippen molar-refractivity contribution in [2.75, 3.05) is 5.32 Å². The molecule has 4 nitrogen and oxygen atoms in total. The van der Waals surface area contributed by atoms with Gasteiger partial charge in [-0.15, -0.1) is 0 Å². The Labute approximate surface area is 100.0 Å². The Hall–Kier alpha value is -2.41. The molecule has 1 heterocycles. The lowest BCUT2D eigenvalue weighted by Crippen LogP contribution is -2.01. The van der Waals surface area contributed by atoms with E-state index < -0.39 is 0 Å². The topological polar surface area (TPSA) is 61.6 Å². The Morgan fingerprint density at radius 2 is 1.88 bits per heavy atom. The minimum Gasteiger partial charge on any atom is -0.324 e. The molecule has 0 aliphatic heterocycles. The third-order valence-electron chi connectivity index (χ3n) is 2.49. The van der Waals surface area contributed by atoms with E-state index in [0.29, 0.717) is 11.6 Å². The zero-order chi connectivity index (χ0) is 12.3. The van der Waals surface area contributed by atoms with E-state index in [2.05, 4.69) is 15.3 Å². The van der Waals surface area contributed by atoms with E-state index in [1.807, 2.05) is 38.1 Å². The van der Waals surface area contributed by atoms with Gasteiger partial charge in [0.15, 0.2) is 0 Å². The number of aromatic nitrogens is 2. The fourth-order valence-corrected chi connectivity index (χ4v) is 1.60. The van der Waals surface area contributed by atoms with Crippen LogP contribution in [0.25, 0.3) is 0 Å². The normalized spacial score (nSPS) is 9.71. The number of hydrogen-bond acceptors (Lipinski definition) is 4. The van der Waals surface area contributed by atoms with Gasteiger partial charge in [-0.1, -0.05) is 18.2 Å². The number of hydrogen-bond donors (Lipinski definition) is 1. The van der Waals surface area contributed by atoms with Crippen LogP contribution in [0, 0.1) is 25.2 Å². The minimum absolute atomic E-state index is 0.355. The van der Waals surface area contributed by atoms with Gasteiger partial charge in [-0.3, -0.25) is 0 Å². The van der Waals surface area contributed by atoms with E-state index in [-0.39, 0.29) is 0 Å². The maximum Gasteiger partial charge on any atom is 0.228 e. The molecule has 1 N–H and O–H groups in total. The highest BCUT2D eigenvalue weighted by Crippen LogP contribution is 2.22. The maximum absolute atomic E-state index is 8.77. The summed E-state index contributed by atoms with van der Waals surface area (Å²) in [6, 6.07) is 9.61. The molecular formula is C13H12N4. The molecule has 0 bridgehead atoms. The van der Waals surface area contributed by atoms with Crippen molar-refractivity contribution in [1.82, 2.24) is 9.97 Å². The van der Waals surface area contributed by atoms with Gasteiger partial charge >= 0.3 is 0 Å². The van der Waals surface area contributed by atoms with Crippen molar-refractivity contribution < 1.29 is 0 Å². The highest BCUT2D eigenvalue weighted by Gasteiger charge is 2.04. The lowest BCUT2D eigenvalue weighted by atomic mass is 10.1.